The number of nitrogens with zero attached hydrogens (tertiary/aromatic N) is 3. The Kier molecular flexibility index (Phi) is 4.39. The standard InChI is InChI=1S/C23H22N4O2/c1-15-8-10-16(11-9-15)19-13-24-25-21(19)17-5-4-12-27(14-17)23(28)22-18-6-2-3-7-20(18)26-29-22/h2-3,6-11,13,17H,4-5,12,14H2,1H3,(H,24,25)/t17-/m1/s1. The maximum absolute atomic E-state index is 13.1. The van der Waals surface area contributed by atoms with Crippen LogP contribution >= 0.6 is 0 Å². The van der Waals surface area contributed by atoms with Crippen molar-refractivity contribution in [1.82, 2.24) is 20.3 Å². The third-order valence-electron chi connectivity index (χ3n) is 5.73. The predicted octanol–water partition coefficient (Wildman–Crippen LogP) is 4.55. The first-order valence-corrected chi connectivity index (χ1v) is 9.94. The van der Waals surface area contributed by atoms with Gasteiger partial charge in [-0.3, -0.25) is 9.89 Å². The van der Waals surface area contributed by atoms with Crippen molar-refractivity contribution >= 4 is 16.8 Å². The first-order valence-electron chi connectivity index (χ1n) is 9.94. The van der Waals surface area contributed by atoms with Crippen molar-refractivity contribution in [1.29, 1.82) is 0 Å². The van der Waals surface area contributed by atoms with Crippen LogP contribution in [0.1, 0.15) is 40.6 Å². The Morgan fingerprint density at radius 2 is 2.00 bits per heavy atom. The van der Waals surface area contributed by atoms with Crippen molar-refractivity contribution in [2.24, 2.45) is 0 Å². The smallest absolute Gasteiger partial charge is 0.293 e. The average Bonchev–Trinajstić information content (AvgIpc) is 3.41. The van der Waals surface area contributed by atoms with Gasteiger partial charge in [-0.15, -0.1) is 0 Å². The Labute approximate surface area is 168 Å². The molecule has 3 heterocycles. The third-order valence-corrected chi connectivity index (χ3v) is 5.73. The number of aryl methyl sites for hydroxylation is 1. The van der Waals surface area contributed by atoms with Gasteiger partial charge < -0.3 is 9.42 Å². The molecule has 1 saturated heterocycles. The number of amides is 1. The Balaban J connectivity index is 1.41. The average molecular weight is 386 g/mol. The SMILES string of the molecule is Cc1ccc(-c2cn[nH]c2[C@@H]2CCCN(C(=O)c3onc4ccccc34)C2)cc1. The summed E-state index contributed by atoms with van der Waals surface area (Å²) in [4.78, 5) is 15.0. The zero-order valence-electron chi connectivity index (χ0n) is 16.3. The number of H-pyrrole nitrogens is 1. The van der Waals surface area contributed by atoms with Gasteiger partial charge in [-0.1, -0.05) is 47.1 Å². The van der Waals surface area contributed by atoms with E-state index in [1.807, 2.05) is 35.4 Å². The van der Waals surface area contributed by atoms with Crippen molar-refractivity contribution in [2.75, 3.05) is 13.1 Å². The van der Waals surface area contributed by atoms with Crippen LogP contribution in [0.4, 0.5) is 0 Å². The molecule has 6 nitrogen and oxygen atoms in total. The van der Waals surface area contributed by atoms with Crippen molar-refractivity contribution < 1.29 is 9.32 Å². The second-order valence-corrected chi connectivity index (χ2v) is 7.68. The molecule has 4 aromatic rings. The fourth-order valence-corrected chi connectivity index (χ4v) is 4.15. The number of aromatic nitrogens is 3. The first kappa shape index (κ1) is 17.7. The number of piperidine rings is 1. The van der Waals surface area contributed by atoms with E-state index in [4.69, 9.17) is 4.52 Å². The van der Waals surface area contributed by atoms with E-state index in [1.165, 1.54) is 5.56 Å². The molecule has 29 heavy (non-hydrogen) atoms. The molecule has 2 aromatic heterocycles. The van der Waals surface area contributed by atoms with Crippen LogP contribution in [0.15, 0.2) is 59.3 Å². The van der Waals surface area contributed by atoms with E-state index in [0.29, 0.717) is 17.8 Å². The molecule has 2 aromatic carbocycles. The number of fused-ring (bicyclic) bond motifs is 1. The quantitative estimate of drug-likeness (QED) is 0.561. The Bertz CT molecular complexity index is 1160. The molecule has 1 atom stereocenters. The molecule has 0 bridgehead atoms. The zero-order valence-corrected chi connectivity index (χ0v) is 16.3. The van der Waals surface area contributed by atoms with Crippen molar-refractivity contribution in [3.8, 4) is 11.1 Å². The normalized spacial score (nSPS) is 17.0. The molecule has 0 saturated carbocycles. The minimum Gasteiger partial charge on any atom is -0.350 e. The molecule has 5 rings (SSSR count). The molecule has 1 amide bonds. The summed E-state index contributed by atoms with van der Waals surface area (Å²) in [5, 5.41) is 12.3. The number of nitrogens with one attached hydrogen (secondary N) is 1. The maximum Gasteiger partial charge on any atom is 0.293 e. The highest BCUT2D eigenvalue weighted by atomic mass is 16.5. The van der Waals surface area contributed by atoms with Gasteiger partial charge in [0.2, 0.25) is 5.76 Å². The lowest BCUT2D eigenvalue weighted by Gasteiger charge is -2.32. The van der Waals surface area contributed by atoms with Gasteiger partial charge in [0.25, 0.3) is 5.91 Å². The van der Waals surface area contributed by atoms with Gasteiger partial charge in [0.1, 0.15) is 5.52 Å². The topological polar surface area (TPSA) is 75.0 Å². The number of carbonyl (C=O) groups excluding carboxylic acids is 1. The number of likely N-dealkylation sites (tertiary alicyclic amines) is 1. The van der Waals surface area contributed by atoms with Crippen LogP contribution in [0.2, 0.25) is 0 Å². The fourth-order valence-electron chi connectivity index (χ4n) is 4.15. The second kappa shape index (κ2) is 7.20. The lowest BCUT2D eigenvalue weighted by molar-refractivity contribution is 0.0667. The molecule has 0 spiro atoms. The lowest BCUT2D eigenvalue weighted by atomic mass is 9.90. The fraction of sp³-hybridized carbons (Fsp3) is 0.261. The van der Waals surface area contributed by atoms with Crippen LogP contribution in [0, 0.1) is 6.92 Å². The maximum atomic E-state index is 13.1. The summed E-state index contributed by atoms with van der Waals surface area (Å²) >= 11 is 0. The molecular formula is C23H22N4O2. The van der Waals surface area contributed by atoms with E-state index in [9.17, 15) is 4.79 Å². The minimum atomic E-state index is -0.0974. The largest absolute Gasteiger partial charge is 0.350 e. The van der Waals surface area contributed by atoms with Crippen LogP contribution in [-0.4, -0.2) is 39.3 Å². The van der Waals surface area contributed by atoms with Crippen molar-refractivity contribution in [3.63, 3.8) is 0 Å². The summed E-state index contributed by atoms with van der Waals surface area (Å²) in [5.41, 5.74) is 5.28. The third kappa shape index (κ3) is 3.20. The zero-order chi connectivity index (χ0) is 19.8. The predicted molar refractivity (Wildman–Crippen MR) is 111 cm³/mol. The lowest BCUT2D eigenvalue weighted by Crippen LogP contribution is -2.39. The van der Waals surface area contributed by atoms with Gasteiger partial charge in [0, 0.05) is 30.3 Å². The molecule has 146 valence electrons. The molecule has 0 unspecified atom stereocenters. The van der Waals surface area contributed by atoms with E-state index < -0.39 is 0 Å². The highest BCUT2D eigenvalue weighted by molar-refractivity contribution is 6.03. The molecule has 1 N–H and O–H groups in total. The summed E-state index contributed by atoms with van der Waals surface area (Å²) in [6.07, 6.45) is 3.83. The van der Waals surface area contributed by atoms with E-state index in [1.54, 1.807) is 0 Å². The summed E-state index contributed by atoms with van der Waals surface area (Å²) in [6.45, 7) is 3.44. The number of aromatic amines is 1. The number of hydrogen-bond donors (Lipinski definition) is 1. The summed E-state index contributed by atoms with van der Waals surface area (Å²) in [7, 11) is 0. The Hall–Kier alpha value is -3.41. The first-order chi connectivity index (χ1) is 14.2. The molecule has 1 fully saturated rings. The van der Waals surface area contributed by atoms with Crippen LogP contribution in [0.5, 0.6) is 0 Å². The van der Waals surface area contributed by atoms with E-state index >= 15 is 0 Å². The van der Waals surface area contributed by atoms with Gasteiger partial charge >= 0.3 is 0 Å². The van der Waals surface area contributed by atoms with Gasteiger partial charge in [-0.2, -0.15) is 5.10 Å². The Morgan fingerprint density at radius 1 is 1.17 bits per heavy atom. The molecular weight excluding hydrogens is 364 g/mol. The van der Waals surface area contributed by atoms with Gasteiger partial charge in [-0.25, -0.2) is 0 Å². The minimum absolute atomic E-state index is 0.0974. The monoisotopic (exact) mass is 386 g/mol. The summed E-state index contributed by atoms with van der Waals surface area (Å²) in [6, 6.07) is 16.0. The van der Waals surface area contributed by atoms with Gasteiger partial charge in [-0.05, 0) is 37.5 Å². The van der Waals surface area contributed by atoms with Crippen LogP contribution in [0.3, 0.4) is 0 Å². The van der Waals surface area contributed by atoms with Gasteiger partial charge in [0.15, 0.2) is 0 Å². The number of rotatable bonds is 3. The number of carbonyl (C=O) groups is 1. The number of hydrogen-bond acceptors (Lipinski definition) is 4. The van der Waals surface area contributed by atoms with E-state index in [0.717, 1.165) is 41.6 Å². The van der Waals surface area contributed by atoms with Crippen molar-refractivity contribution in [3.05, 3.63) is 71.7 Å². The van der Waals surface area contributed by atoms with Crippen LogP contribution < -0.4 is 0 Å². The molecule has 1 aliphatic heterocycles. The molecule has 1 aliphatic rings. The molecule has 6 heteroatoms. The van der Waals surface area contributed by atoms with Crippen LogP contribution in [-0.2, 0) is 0 Å². The summed E-state index contributed by atoms with van der Waals surface area (Å²) in [5.74, 6) is 0.435. The highest BCUT2D eigenvalue weighted by Gasteiger charge is 2.30. The van der Waals surface area contributed by atoms with E-state index in [-0.39, 0.29) is 11.8 Å². The second-order valence-electron chi connectivity index (χ2n) is 7.68. The van der Waals surface area contributed by atoms with E-state index in [2.05, 4.69) is 46.5 Å². The molecule has 0 radical (unpaired) electrons. The Morgan fingerprint density at radius 3 is 2.86 bits per heavy atom. The van der Waals surface area contributed by atoms with Gasteiger partial charge in [0.05, 0.1) is 11.6 Å². The number of benzene rings is 2. The van der Waals surface area contributed by atoms with Crippen molar-refractivity contribution in [2.45, 2.75) is 25.7 Å². The molecule has 0 aliphatic carbocycles. The highest BCUT2D eigenvalue weighted by Crippen LogP contribution is 2.34. The van der Waals surface area contributed by atoms with Crippen LogP contribution in [0.25, 0.3) is 22.0 Å². The summed E-state index contributed by atoms with van der Waals surface area (Å²) < 4.78 is 5.40.